The van der Waals surface area contributed by atoms with Crippen molar-refractivity contribution in [2.75, 3.05) is 0 Å². The summed E-state index contributed by atoms with van der Waals surface area (Å²) in [6, 6.07) is 3.39. The van der Waals surface area contributed by atoms with E-state index in [1.165, 1.54) is 0 Å². The van der Waals surface area contributed by atoms with E-state index in [-0.39, 0.29) is 16.9 Å². The Morgan fingerprint density at radius 1 is 1.17 bits per heavy atom. The standard InChI is InChI=1S/C14H21ClN2O/c1-13(2,3)10-7-9(8-11(15)16-10)12(18)17-14(4,5)6/h7-8H,1-6H3,(H,17,18). The van der Waals surface area contributed by atoms with Gasteiger partial charge in [0.1, 0.15) is 5.15 Å². The second-order valence-corrected chi connectivity index (χ2v) is 6.91. The Kier molecular flexibility index (Phi) is 4.06. The van der Waals surface area contributed by atoms with Crippen molar-refractivity contribution in [3.8, 4) is 0 Å². The third-order valence-electron chi connectivity index (χ3n) is 2.31. The van der Waals surface area contributed by atoms with Gasteiger partial charge in [-0.15, -0.1) is 0 Å². The van der Waals surface area contributed by atoms with E-state index in [1.807, 2.05) is 41.5 Å². The van der Waals surface area contributed by atoms with Crippen molar-refractivity contribution in [3.63, 3.8) is 0 Å². The van der Waals surface area contributed by atoms with Crippen LogP contribution in [0.5, 0.6) is 0 Å². The van der Waals surface area contributed by atoms with Crippen molar-refractivity contribution in [1.82, 2.24) is 10.3 Å². The molecule has 0 saturated carbocycles. The summed E-state index contributed by atoms with van der Waals surface area (Å²) < 4.78 is 0. The Labute approximate surface area is 114 Å². The van der Waals surface area contributed by atoms with E-state index in [2.05, 4.69) is 10.3 Å². The molecule has 0 saturated heterocycles. The monoisotopic (exact) mass is 268 g/mol. The Morgan fingerprint density at radius 3 is 2.17 bits per heavy atom. The van der Waals surface area contributed by atoms with E-state index in [9.17, 15) is 4.79 Å². The van der Waals surface area contributed by atoms with E-state index >= 15 is 0 Å². The van der Waals surface area contributed by atoms with Crippen LogP contribution in [0.2, 0.25) is 5.15 Å². The fraction of sp³-hybridized carbons (Fsp3) is 0.571. The predicted molar refractivity (Wildman–Crippen MR) is 75.2 cm³/mol. The maximum atomic E-state index is 12.1. The van der Waals surface area contributed by atoms with E-state index in [1.54, 1.807) is 12.1 Å². The zero-order valence-corrected chi connectivity index (χ0v) is 12.6. The van der Waals surface area contributed by atoms with Crippen molar-refractivity contribution < 1.29 is 4.79 Å². The summed E-state index contributed by atoms with van der Waals surface area (Å²) in [6.45, 7) is 11.9. The molecule has 3 nitrogen and oxygen atoms in total. The van der Waals surface area contributed by atoms with Crippen molar-refractivity contribution in [2.45, 2.75) is 52.5 Å². The van der Waals surface area contributed by atoms with Crippen LogP contribution in [0.15, 0.2) is 12.1 Å². The summed E-state index contributed by atoms with van der Waals surface area (Å²) in [4.78, 5) is 16.4. The zero-order chi connectivity index (χ0) is 14.1. The molecular formula is C14H21ClN2O. The first kappa shape index (κ1) is 15.0. The Balaban J connectivity index is 3.11. The maximum Gasteiger partial charge on any atom is 0.251 e. The highest BCUT2D eigenvalue weighted by Crippen LogP contribution is 2.23. The van der Waals surface area contributed by atoms with Gasteiger partial charge in [0.25, 0.3) is 5.91 Å². The van der Waals surface area contributed by atoms with Crippen molar-refractivity contribution in [2.24, 2.45) is 0 Å². The molecule has 1 N–H and O–H groups in total. The molecule has 4 heteroatoms. The number of nitrogens with one attached hydrogen (secondary N) is 1. The van der Waals surface area contributed by atoms with E-state index in [4.69, 9.17) is 11.6 Å². The number of halogens is 1. The first-order chi connectivity index (χ1) is 7.99. The molecule has 1 heterocycles. The van der Waals surface area contributed by atoms with Crippen LogP contribution in [0.4, 0.5) is 0 Å². The molecule has 0 aliphatic rings. The lowest BCUT2D eigenvalue weighted by Crippen LogP contribution is -2.40. The van der Waals surface area contributed by atoms with Crippen LogP contribution in [0.1, 0.15) is 57.6 Å². The van der Waals surface area contributed by atoms with Crippen molar-refractivity contribution in [3.05, 3.63) is 28.5 Å². The number of carbonyl (C=O) groups is 1. The fourth-order valence-electron chi connectivity index (χ4n) is 1.42. The van der Waals surface area contributed by atoms with Crippen LogP contribution in [-0.2, 0) is 5.41 Å². The number of nitrogens with zero attached hydrogens (tertiary/aromatic N) is 1. The van der Waals surface area contributed by atoms with E-state index < -0.39 is 0 Å². The normalized spacial score (nSPS) is 12.4. The molecule has 18 heavy (non-hydrogen) atoms. The van der Waals surface area contributed by atoms with Gasteiger partial charge < -0.3 is 5.32 Å². The minimum atomic E-state index is -0.269. The van der Waals surface area contributed by atoms with Crippen LogP contribution in [0.25, 0.3) is 0 Å². The highest BCUT2D eigenvalue weighted by atomic mass is 35.5. The first-order valence-corrected chi connectivity index (χ1v) is 6.37. The zero-order valence-electron chi connectivity index (χ0n) is 11.9. The smallest absolute Gasteiger partial charge is 0.251 e. The molecule has 1 rings (SSSR count). The molecule has 1 aromatic heterocycles. The third-order valence-corrected chi connectivity index (χ3v) is 2.51. The number of amides is 1. The molecule has 0 bridgehead atoms. The van der Waals surface area contributed by atoms with Gasteiger partial charge in [-0.05, 0) is 32.9 Å². The lowest BCUT2D eigenvalue weighted by Gasteiger charge is -2.22. The number of rotatable bonds is 1. The molecule has 0 fully saturated rings. The number of hydrogen-bond donors (Lipinski definition) is 1. The average Bonchev–Trinajstić information content (AvgIpc) is 2.12. The van der Waals surface area contributed by atoms with Crippen LogP contribution in [-0.4, -0.2) is 16.4 Å². The molecule has 0 aromatic carbocycles. The summed E-state index contributed by atoms with van der Waals surface area (Å²) in [5, 5.41) is 3.26. The summed E-state index contributed by atoms with van der Waals surface area (Å²) >= 11 is 5.98. The van der Waals surface area contributed by atoms with Gasteiger partial charge in [0.2, 0.25) is 0 Å². The SMILES string of the molecule is CC(C)(C)NC(=O)c1cc(Cl)nc(C(C)(C)C)c1. The van der Waals surface area contributed by atoms with Gasteiger partial charge in [0.15, 0.2) is 0 Å². The van der Waals surface area contributed by atoms with Gasteiger partial charge in [-0.1, -0.05) is 32.4 Å². The molecule has 100 valence electrons. The minimum absolute atomic E-state index is 0.127. The average molecular weight is 269 g/mol. The molecule has 0 aliphatic carbocycles. The second-order valence-electron chi connectivity index (χ2n) is 6.52. The fourth-order valence-corrected chi connectivity index (χ4v) is 1.63. The topological polar surface area (TPSA) is 42.0 Å². The molecule has 0 spiro atoms. The number of pyridine rings is 1. The molecular weight excluding hydrogens is 248 g/mol. The lowest BCUT2D eigenvalue weighted by molar-refractivity contribution is 0.0919. The van der Waals surface area contributed by atoms with Crippen LogP contribution in [0, 0.1) is 0 Å². The molecule has 1 amide bonds. The van der Waals surface area contributed by atoms with E-state index in [0.717, 1.165) is 5.69 Å². The van der Waals surface area contributed by atoms with Crippen LogP contribution in [0.3, 0.4) is 0 Å². The first-order valence-electron chi connectivity index (χ1n) is 6.00. The third kappa shape index (κ3) is 4.30. The molecule has 1 aromatic rings. The maximum absolute atomic E-state index is 12.1. The van der Waals surface area contributed by atoms with Gasteiger partial charge in [-0.3, -0.25) is 4.79 Å². The Bertz CT molecular complexity index is 456. The van der Waals surface area contributed by atoms with Gasteiger partial charge in [0.05, 0.1) is 0 Å². The van der Waals surface area contributed by atoms with Gasteiger partial charge >= 0.3 is 0 Å². The molecule has 0 aliphatic heterocycles. The minimum Gasteiger partial charge on any atom is -0.347 e. The second kappa shape index (κ2) is 4.88. The molecule has 0 atom stereocenters. The predicted octanol–water partition coefficient (Wildman–Crippen LogP) is 3.56. The van der Waals surface area contributed by atoms with Crippen LogP contribution >= 0.6 is 11.6 Å². The summed E-state index contributed by atoms with van der Waals surface area (Å²) in [5.41, 5.74) is 0.958. The Morgan fingerprint density at radius 2 is 1.72 bits per heavy atom. The van der Waals surface area contributed by atoms with E-state index in [0.29, 0.717) is 10.7 Å². The van der Waals surface area contributed by atoms with Gasteiger partial charge in [-0.2, -0.15) is 0 Å². The summed E-state index contributed by atoms with van der Waals surface area (Å²) in [5.74, 6) is -0.127. The number of aromatic nitrogens is 1. The number of carbonyl (C=O) groups excluding carboxylic acids is 1. The molecule has 0 radical (unpaired) electrons. The number of hydrogen-bond acceptors (Lipinski definition) is 2. The highest BCUT2D eigenvalue weighted by molar-refractivity contribution is 6.29. The highest BCUT2D eigenvalue weighted by Gasteiger charge is 2.21. The Hall–Kier alpha value is -1.09. The van der Waals surface area contributed by atoms with Gasteiger partial charge in [0, 0.05) is 22.2 Å². The van der Waals surface area contributed by atoms with Crippen molar-refractivity contribution in [1.29, 1.82) is 0 Å². The molecule has 0 unspecified atom stereocenters. The lowest BCUT2D eigenvalue weighted by atomic mass is 9.90. The van der Waals surface area contributed by atoms with Gasteiger partial charge in [-0.25, -0.2) is 4.98 Å². The van der Waals surface area contributed by atoms with Crippen LogP contribution < -0.4 is 5.32 Å². The summed E-state index contributed by atoms with van der Waals surface area (Å²) in [7, 11) is 0. The van der Waals surface area contributed by atoms with Crippen molar-refractivity contribution >= 4 is 17.5 Å². The largest absolute Gasteiger partial charge is 0.347 e. The quantitative estimate of drug-likeness (QED) is 0.792. The summed E-state index contributed by atoms with van der Waals surface area (Å²) in [6.07, 6.45) is 0.